The Kier molecular flexibility index (Phi) is 4.78. The molecule has 3 rings (SSSR count). The van der Waals surface area contributed by atoms with E-state index in [1.54, 1.807) is 10.9 Å². The number of nitrogens with one attached hydrogen (secondary N) is 1. The van der Waals surface area contributed by atoms with Crippen LogP contribution in [-0.2, 0) is 10.3 Å². The predicted molar refractivity (Wildman–Crippen MR) is 106 cm³/mol. The lowest BCUT2D eigenvalue weighted by Gasteiger charge is -2.28. The second-order valence-electron chi connectivity index (χ2n) is 9.24. The van der Waals surface area contributed by atoms with Crippen LogP contribution in [0.4, 0.5) is 5.95 Å². The molecule has 1 aliphatic heterocycles. The molecule has 148 valence electrons. The fraction of sp³-hybridized carbons (Fsp3) is 0.684. The van der Waals surface area contributed by atoms with Crippen LogP contribution in [0.15, 0.2) is 11.0 Å². The van der Waals surface area contributed by atoms with Crippen LogP contribution in [0.5, 0.6) is 0 Å². The summed E-state index contributed by atoms with van der Waals surface area (Å²) < 4.78 is 1.79. The number of nitrogens with zero attached hydrogens (tertiary/aromatic N) is 5. The number of carbonyl (C=O) groups excluding carboxylic acids is 1. The molecule has 2 aromatic heterocycles. The predicted octanol–water partition coefficient (Wildman–Crippen LogP) is 1.96. The summed E-state index contributed by atoms with van der Waals surface area (Å²) in [5.41, 5.74) is -0.250. The van der Waals surface area contributed by atoms with Gasteiger partial charge in [0.25, 0.3) is 5.56 Å². The molecule has 0 saturated carbocycles. The zero-order chi connectivity index (χ0) is 20.0. The summed E-state index contributed by atoms with van der Waals surface area (Å²) in [4.78, 5) is 36.7. The average Bonchev–Trinajstić information content (AvgIpc) is 2.84. The summed E-state index contributed by atoms with van der Waals surface area (Å²) in [6.45, 7) is 14.6. The Hall–Kier alpha value is -2.38. The van der Waals surface area contributed by atoms with E-state index >= 15 is 0 Å². The fourth-order valence-corrected chi connectivity index (χ4v) is 3.35. The molecule has 0 aromatic carbocycles. The van der Waals surface area contributed by atoms with Gasteiger partial charge in [0.2, 0.25) is 11.9 Å². The fourth-order valence-electron chi connectivity index (χ4n) is 3.35. The molecule has 1 saturated heterocycles. The molecule has 0 bridgehead atoms. The second kappa shape index (κ2) is 6.65. The molecule has 8 nitrogen and oxygen atoms in total. The molecule has 0 unspecified atom stereocenters. The van der Waals surface area contributed by atoms with Gasteiger partial charge in [-0.3, -0.25) is 14.6 Å². The highest BCUT2D eigenvalue weighted by Crippen LogP contribution is 2.22. The molecule has 2 aromatic rings. The summed E-state index contributed by atoms with van der Waals surface area (Å²) in [7, 11) is 0. The van der Waals surface area contributed by atoms with Crippen molar-refractivity contribution >= 4 is 22.9 Å². The van der Waals surface area contributed by atoms with Crippen molar-refractivity contribution in [3.8, 4) is 0 Å². The Labute approximate surface area is 159 Å². The summed E-state index contributed by atoms with van der Waals surface area (Å²) in [6.07, 6.45) is 2.41. The van der Waals surface area contributed by atoms with Crippen molar-refractivity contribution in [1.29, 1.82) is 0 Å². The molecule has 0 radical (unpaired) electrons. The van der Waals surface area contributed by atoms with Crippen molar-refractivity contribution < 1.29 is 4.79 Å². The van der Waals surface area contributed by atoms with Gasteiger partial charge in [-0.15, -0.1) is 0 Å². The largest absolute Gasteiger partial charge is 0.340 e. The lowest BCUT2D eigenvalue weighted by atomic mass is 9.94. The molecule has 0 spiro atoms. The number of rotatable bonds is 1. The highest BCUT2D eigenvalue weighted by atomic mass is 16.2. The molecule has 1 amide bonds. The van der Waals surface area contributed by atoms with Crippen LogP contribution in [0, 0.1) is 5.41 Å². The second-order valence-corrected chi connectivity index (χ2v) is 9.24. The Bertz CT molecular complexity index is 900. The SMILES string of the molecule is CC(C)(C)C(=O)N1CCCN(c2nc3c(cnn3C(C)(C)C)c(=O)[nH]2)CC1. The maximum absolute atomic E-state index is 12.6. The zero-order valence-corrected chi connectivity index (χ0v) is 17.2. The third-order valence-corrected chi connectivity index (χ3v) is 4.79. The molecular formula is C19H30N6O2. The smallest absolute Gasteiger partial charge is 0.263 e. The highest BCUT2D eigenvalue weighted by molar-refractivity contribution is 5.81. The van der Waals surface area contributed by atoms with Crippen LogP contribution in [0.1, 0.15) is 48.0 Å². The first-order chi connectivity index (χ1) is 12.5. The van der Waals surface area contributed by atoms with Gasteiger partial charge in [-0.05, 0) is 27.2 Å². The van der Waals surface area contributed by atoms with Crippen LogP contribution in [0.25, 0.3) is 11.0 Å². The highest BCUT2D eigenvalue weighted by Gasteiger charge is 2.29. The van der Waals surface area contributed by atoms with E-state index in [1.807, 2.05) is 46.4 Å². The Balaban J connectivity index is 1.90. The van der Waals surface area contributed by atoms with Crippen molar-refractivity contribution in [1.82, 2.24) is 24.6 Å². The van der Waals surface area contributed by atoms with Gasteiger partial charge >= 0.3 is 0 Å². The number of amides is 1. The summed E-state index contributed by atoms with van der Waals surface area (Å²) in [6, 6.07) is 0. The van der Waals surface area contributed by atoms with Gasteiger partial charge in [0.05, 0.1) is 11.7 Å². The molecule has 0 atom stereocenters. The minimum atomic E-state index is -0.389. The number of aromatic amines is 1. The summed E-state index contributed by atoms with van der Waals surface area (Å²) in [5, 5.41) is 4.85. The van der Waals surface area contributed by atoms with Crippen LogP contribution >= 0.6 is 0 Å². The normalized spacial score (nSPS) is 16.7. The third kappa shape index (κ3) is 3.84. The lowest BCUT2D eigenvalue weighted by Crippen LogP contribution is -2.41. The number of H-pyrrole nitrogens is 1. The van der Waals surface area contributed by atoms with Crippen molar-refractivity contribution in [2.24, 2.45) is 5.41 Å². The molecular weight excluding hydrogens is 344 g/mol. The number of anilines is 1. The average molecular weight is 374 g/mol. The van der Waals surface area contributed by atoms with E-state index < -0.39 is 0 Å². The van der Waals surface area contributed by atoms with Crippen LogP contribution in [0.3, 0.4) is 0 Å². The van der Waals surface area contributed by atoms with Gasteiger partial charge in [-0.1, -0.05) is 20.8 Å². The Morgan fingerprint density at radius 3 is 2.41 bits per heavy atom. The Morgan fingerprint density at radius 2 is 1.78 bits per heavy atom. The number of hydrogen-bond donors (Lipinski definition) is 1. The van der Waals surface area contributed by atoms with Gasteiger partial charge in [0, 0.05) is 31.6 Å². The van der Waals surface area contributed by atoms with E-state index in [9.17, 15) is 9.59 Å². The van der Waals surface area contributed by atoms with Gasteiger partial charge in [0.15, 0.2) is 5.65 Å². The number of carbonyl (C=O) groups is 1. The van der Waals surface area contributed by atoms with Crippen molar-refractivity contribution in [2.75, 3.05) is 31.1 Å². The first-order valence-electron chi connectivity index (χ1n) is 9.51. The first-order valence-corrected chi connectivity index (χ1v) is 9.51. The number of aromatic nitrogens is 4. The zero-order valence-electron chi connectivity index (χ0n) is 17.2. The van der Waals surface area contributed by atoms with Crippen molar-refractivity contribution in [3.63, 3.8) is 0 Å². The van der Waals surface area contributed by atoms with Crippen molar-refractivity contribution in [2.45, 2.75) is 53.5 Å². The van der Waals surface area contributed by atoms with Crippen LogP contribution in [-0.4, -0.2) is 56.7 Å². The summed E-state index contributed by atoms with van der Waals surface area (Å²) in [5.74, 6) is 0.704. The third-order valence-electron chi connectivity index (χ3n) is 4.79. The molecule has 27 heavy (non-hydrogen) atoms. The first kappa shape index (κ1) is 19.4. The standard InChI is InChI=1S/C19H30N6O2/c1-18(2,3)16(27)23-8-7-9-24(11-10-23)17-21-14-13(15(26)22-17)12-20-25(14)19(4,5)6/h12H,7-11H2,1-6H3,(H,21,22,26). The van der Waals surface area contributed by atoms with Crippen LogP contribution < -0.4 is 10.5 Å². The van der Waals surface area contributed by atoms with Crippen molar-refractivity contribution in [3.05, 3.63) is 16.6 Å². The molecule has 0 aliphatic carbocycles. The monoisotopic (exact) mass is 374 g/mol. The molecule has 3 heterocycles. The lowest BCUT2D eigenvalue weighted by molar-refractivity contribution is -0.139. The maximum atomic E-state index is 12.6. The van der Waals surface area contributed by atoms with Gasteiger partial charge < -0.3 is 9.80 Å². The van der Waals surface area contributed by atoms with Gasteiger partial charge in [-0.2, -0.15) is 10.1 Å². The molecule has 1 aliphatic rings. The van der Waals surface area contributed by atoms with E-state index in [2.05, 4.69) is 15.0 Å². The maximum Gasteiger partial charge on any atom is 0.263 e. The van der Waals surface area contributed by atoms with E-state index in [0.717, 1.165) is 19.5 Å². The molecule has 1 fully saturated rings. The molecule has 8 heteroatoms. The van der Waals surface area contributed by atoms with E-state index in [1.165, 1.54) is 0 Å². The van der Waals surface area contributed by atoms with E-state index in [-0.39, 0.29) is 22.4 Å². The topological polar surface area (TPSA) is 87.1 Å². The van der Waals surface area contributed by atoms with Crippen LogP contribution in [0.2, 0.25) is 0 Å². The van der Waals surface area contributed by atoms with Gasteiger partial charge in [0.1, 0.15) is 5.39 Å². The van der Waals surface area contributed by atoms with Gasteiger partial charge in [-0.25, -0.2) is 4.68 Å². The number of hydrogen-bond acceptors (Lipinski definition) is 5. The quantitative estimate of drug-likeness (QED) is 0.824. The minimum absolute atomic E-state index is 0.159. The van der Waals surface area contributed by atoms with E-state index in [4.69, 9.17) is 4.98 Å². The minimum Gasteiger partial charge on any atom is -0.340 e. The molecule has 1 N–H and O–H groups in total. The van der Waals surface area contributed by atoms with E-state index in [0.29, 0.717) is 30.1 Å². The summed E-state index contributed by atoms with van der Waals surface area (Å²) >= 11 is 0. The number of fused-ring (bicyclic) bond motifs is 1. The Morgan fingerprint density at radius 1 is 1.07 bits per heavy atom.